The number of nitrogens with one attached hydrogen (secondary N) is 1. The second-order valence-electron chi connectivity index (χ2n) is 7.00. The molecule has 0 saturated heterocycles. The van der Waals surface area contributed by atoms with Crippen molar-refractivity contribution in [1.29, 1.82) is 0 Å². The zero-order valence-corrected chi connectivity index (χ0v) is 15.2. The van der Waals surface area contributed by atoms with E-state index in [0.29, 0.717) is 23.9 Å². The summed E-state index contributed by atoms with van der Waals surface area (Å²) in [4.78, 5) is 17.8. The van der Waals surface area contributed by atoms with Gasteiger partial charge < -0.3 is 5.32 Å². The first-order chi connectivity index (χ1) is 13.1. The summed E-state index contributed by atoms with van der Waals surface area (Å²) in [5, 5.41) is 16.5. The van der Waals surface area contributed by atoms with Crippen molar-refractivity contribution in [3.63, 3.8) is 0 Å². The molecule has 8 heteroatoms. The zero-order chi connectivity index (χ0) is 18.5. The summed E-state index contributed by atoms with van der Waals surface area (Å²) in [5.74, 6) is 0.999. The van der Waals surface area contributed by atoms with Crippen molar-refractivity contribution in [2.75, 3.05) is 0 Å². The summed E-state index contributed by atoms with van der Waals surface area (Å²) >= 11 is 0. The molecule has 0 bridgehead atoms. The van der Waals surface area contributed by atoms with Gasteiger partial charge in [-0.15, -0.1) is 10.2 Å². The molecule has 4 aromatic heterocycles. The van der Waals surface area contributed by atoms with Gasteiger partial charge in [0.2, 0.25) is 0 Å². The van der Waals surface area contributed by atoms with Gasteiger partial charge in [-0.1, -0.05) is 6.07 Å². The molecule has 27 heavy (non-hydrogen) atoms. The molecular weight excluding hydrogens is 342 g/mol. The molecule has 1 amide bonds. The van der Waals surface area contributed by atoms with Gasteiger partial charge in [-0.25, -0.2) is 4.98 Å². The van der Waals surface area contributed by atoms with Crippen LogP contribution in [0.15, 0.2) is 30.5 Å². The average Bonchev–Trinajstić information content (AvgIpc) is 3.39. The Balaban J connectivity index is 1.50. The molecule has 0 spiro atoms. The number of hydrogen-bond acceptors (Lipinski definition) is 5. The van der Waals surface area contributed by atoms with Crippen molar-refractivity contribution in [3.8, 4) is 0 Å². The maximum absolute atomic E-state index is 13.0. The summed E-state index contributed by atoms with van der Waals surface area (Å²) in [6, 6.07) is 7.62. The fourth-order valence-corrected chi connectivity index (χ4v) is 3.50. The number of aryl methyl sites for hydroxylation is 2. The molecule has 0 atom stereocenters. The molecule has 0 radical (unpaired) electrons. The van der Waals surface area contributed by atoms with Crippen molar-refractivity contribution in [2.45, 2.75) is 32.2 Å². The Kier molecular flexibility index (Phi) is 3.46. The summed E-state index contributed by atoms with van der Waals surface area (Å²) in [5.41, 5.74) is 3.92. The molecule has 1 aliphatic carbocycles. The topological polar surface area (TPSA) is 90.0 Å². The highest BCUT2D eigenvalue weighted by atomic mass is 16.1. The minimum absolute atomic E-state index is 0.145. The largest absolute Gasteiger partial charge is 0.345 e. The Morgan fingerprint density at radius 1 is 1.30 bits per heavy atom. The molecule has 1 N–H and O–H groups in total. The smallest absolute Gasteiger partial charge is 0.252 e. The maximum Gasteiger partial charge on any atom is 0.252 e. The molecule has 4 aromatic rings. The highest BCUT2D eigenvalue weighted by Crippen LogP contribution is 2.40. The third kappa shape index (κ3) is 2.64. The SMILES string of the molecule is Cc1nn(C)c2nc(C3CC3)cc(C(=O)NCc3nnc4ccccn34)c12. The molecular formula is C19H19N7O. The van der Waals surface area contributed by atoms with Crippen molar-refractivity contribution in [2.24, 2.45) is 7.05 Å². The van der Waals surface area contributed by atoms with Gasteiger partial charge in [-0.2, -0.15) is 5.10 Å². The Hall–Kier alpha value is -3.29. The van der Waals surface area contributed by atoms with E-state index in [1.165, 1.54) is 0 Å². The number of nitrogens with zero attached hydrogens (tertiary/aromatic N) is 6. The van der Waals surface area contributed by atoms with E-state index in [0.717, 1.165) is 40.9 Å². The van der Waals surface area contributed by atoms with Crippen LogP contribution in [0.2, 0.25) is 0 Å². The Morgan fingerprint density at radius 2 is 2.15 bits per heavy atom. The quantitative estimate of drug-likeness (QED) is 0.601. The number of fused-ring (bicyclic) bond motifs is 2. The summed E-state index contributed by atoms with van der Waals surface area (Å²) in [6.07, 6.45) is 4.14. The predicted molar refractivity (Wildman–Crippen MR) is 99.4 cm³/mol. The van der Waals surface area contributed by atoms with E-state index in [1.54, 1.807) is 4.68 Å². The van der Waals surface area contributed by atoms with Crippen molar-refractivity contribution in [1.82, 2.24) is 34.7 Å². The number of hydrogen-bond donors (Lipinski definition) is 1. The Morgan fingerprint density at radius 3 is 2.96 bits per heavy atom. The molecule has 1 fully saturated rings. The average molecular weight is 361 g/mol. The van der Waals surface area contributed by atoms with Gasteiger partial charge in [-0.05, 0) is 38.0 Å². The van der Waals surface area contributed by atoms with Crippen LogP contribution in [-0.4, -0.2) is 35.3 Å². The third-order valence-corrected chi connectivity index (χ3v) is 5.02. The lowest BCUT2D eigenvalue weighted by Gasteiger charge is -2.08. The first kappa shape index (κ1) is 15.9. The Bertz CT molecular complexity index is 1190. The standard InChI is InChI=1S/C19H19N7O/c1-11-17-13(9-14(12-6-7-12)21-18(17)25(2)24-11)19(27)20-10-16-23-22-15-5-3-4-8-26(15)16/h3-5,8-9,12H,6-7,10H2,1-2H3,(H,20,27). The van der Waals surface area contributed by atoms with E-state index in [4.69, 9.17) is 4.98 Å². The van der Waals surface area contributed by atoms with Crippen LogP contribution in [0.25, 0.3) is 16.7 Å². The van der Waals surface area contributed by atoms with Crippen LogP contribution in [0.3, 0.4) is 0 Å². The van der Waals surface area contributed by atoms with Crippen molar-refractivity contribution >= 4 is 22.6 Å². The zero-order valence-electron chi connectivity index (χ0n) is 15.2. The Labute approximate surface area is 155 Å². The number of aromatic nitrogens is 6. The number of carbonyl (C=O) groups excluding carboxylic acids is 1. The molecule has 4 heterocycles. The first-order valence-corrected chi connectivity index (χ1v) is 9.03. The fraction of sp³-hybridized carbons (Fsp3) is 0.316. The molecule has 1 saturated carbocycles. The second kappa shape index (κ2) is 5.87. The van der Waals surface area contributed by atoms with Gasteiger partial charge in [0.1, 0.15) is 0 Å². The summed E-state index contributed by atoms with van der Waals surface area (Å²) in [6.45, 7) is 2.20. The maximum atomic E-state index is 13.0. The van der Waals surface area contributed by atoms with E-state index >= 15 is 0 Å². The fourth-order valence-electron chi connectivity index (χ4n) is 3.50. The van der Waals surface area contributed by atoms with Crippen LogP contribution in [0, 0.1) is 6.92 Å². The van der Waals surface area contributed by atoms with E-state index in [2.05, 4.69) is 20.6 Å². The molecule has 0 aromatic carbocycles. The molecule has 0 aliphatic heterocycles. The number of pyridine rings is 2. The lowest BCUT2D eigenvalue weighted by molar-refractivity contribution is 0.0951. The number of amides is 1. The first-order valence-electron chi connectivity index (χ1n) is 9.03. The van der Waals surface area contributed by atoms with Gasteiger partial charge >= 0.3 is 0 Å². The minimum Gasteiger partial charge on any atom is -0.345 e. The van der Waals surface area contributed by atoms with E-state index < -0.39 is 0 Å². The third-order valence-electron chi connectivity index (χ3n) is 5.02. The predicted octanol–water partition coefficient (Wildman–Crippen LogP) is 2.13. The molecule has 1 aliphatic rings. The van der Waals surface area contributed by atoms with Gasteiger partial charge in [0, 0.05) is 24.9 Å². The van der Waals surface area contributed by atoms with Crippen LogP contribution < -0.4 is 5.32 Å². The van der Waals surface area contributed by atoms with Crippen LogP contribution in [0.1, 0.15) is 46.3 Å². The van der Waals surface area contributed by atoms with E-state index in [9.17, 15) is 4.79 Å². The van der Waals surface area contributed by atoms with Gasteiger partial charge in [0.15, 0.2) is 17.1 Å². The lowest BCUT2D eigenvalue weighted by Crippen LogP contribution is -2.24. The van der Waals surface area contributed by atoms with Gasteiger partial charge in [0.25, 0.3) is 5.91 Å². The van der Waals surface area contributed by atoms with Crippen LogP contribution in [0.5, 0.6) is 0 Å². The summed E-state index contributed by atoms with van der Waals surface area (Å²) < 4.78 is 3.62. The lowest BCUT2D eigenvalue weighted by atomic mass is 10.1. The monoisotopic (exact) mass is 361 g/mol. The normalized spacial score (nSPS) is 14.1. The highest BCUT2D eigenvalue weighted by Gasteiger charge is 2.28. The van der Waals surface area contributed by atoms with Crippen molar-refractivity contribution in [3.05, 3.63) is 53.2 Å². The van der Waals surface area contributed by atoms with E-state index in [-0.39, 0.29) is 5.91 Å². The number of carbonyl (C=O) groups is 1. The minimum atomic E-state index is -0.145. The number of rotatable bonds is 4. The van der Waals surface area contributed by atoms with Crippen LogP contribution in [-0.2, 0) is 13.6 Å². The molecule has 0 unspecified atom stereocenters. The summed E-state index contributed by atoms with van der Waals surface area (Å²) in [7, 11) is 1.86. The molecule has 136 valence electrons. The second-order valence-corrected chi connectivity index (χ2v) is 7.00. The van der Waals surface area contributed by atoms with Crippen LogP contribution >= 0.6 is 0 Å². The molecule has 8 nitrogen and oxygen atoms in total. The molecule has 5 rings (SSSR count). The van der Waals surface area contributed by atoms with Gasteiger partial charge in [-0.3, -0.25) is 13.9 Å². The van der Waals surface area contributed by atoms with E-state index in [1.807, 2.05) is 48.8 Å². The van der Waals surface area contributed by atoms with Gasteiger partial charge in [0.05, 0.1) is 23.2 Å². The van der Waals surface area contributed by atoms with Crippen molar-refractivity contribution < 1.29 is 4.79 Å². The highest BCUT2D eigenvalue weighted by molar-refractivity contribution is 6.06. The van der Waals surface area contributed by atoms with Crippen LogP contribution in [0.4, 0.5) is 0 Å².